The Balaban J connectivity index is 1.74. The summed E-state index contributed by atoms with van der Waals surface area (Å²) in [5.41, 5.74) is 4.89. The first-order valence-electron chi connectivity index (χ1n) is 9.09. The van der Waals surface area contributed by atoms with Gasteiger partial charge in [-0.25, -0.2) is 4.85 Å². The van der Waals surface area contributed by atoms with E-state index in [1.165, 1.54) is 29.5 Å². The molecule has 2 fully saturated rings. The smallest absolute Gasteiger partial charge is 0.190 e. The zero-order chi connectivity index (χ0) is 16.2. The molecule has 23 heavy (non-hydrogen) atoms. The second-order valence-corrected chi connectivity index (χ2v) is 8.08. The number of Topliss-reactive ketones (excluding diaryl/α,β-unsaturated/α-hetero) is 1. The van der Waals surface area contributed by atoms with E-state index in [0.29, 0.717) is 23.5 Å². The van der Waals surface area contributed by atoms with E-state index in [2.05, 4.69) is 24.8 Å². The van der Waals surface area contributed by atoms with Crippen LogP contribution >= 0.6 is 0 Å². The van der Waals surface area contributed by atoms with Crippen molar-refractivity contribution in [2.24, 2.45) is 17.3 Å². The molecule has 1 aromatic rings. The molecule has 0 N–H and O–H groups in total. The van der Waals surface area contributed by atoms with Gasteiger partial charge in [0.2, 0.25) is 0 Å². The maximum absolute atomic E-state index is 12.6. The summed E-state index contributed by atoms with van der Waals surface area (Å²) in [6.45, 7) is 11.7. The van der Waals surface area contributed by atoms with Crippen molar-refractivity contribution in [3.63, 3.8) is 0 Å². The molecule has 1 aromatic carbocycles. The summed E-state index contributed by atoms with van der Waals surface area (Å²) in [5.74, 6) is 2.39. The Morgan fingerprint density at radius 2 is 2.04 bits per heavy atom. The van der Waals surface area contributed by atoms with Crippen LogP contribution in [0.1, 0.15) is 68.1 Å². The molecule has 0 bridgehead atoms. The van der Waals surface area contributed by atoms with Gasteiger partial charge in [0, 0.05) is 11.8 Å². The normalized spacial score (nSPS) is 35.7. The molecule has 3 unspecified atom stereocenters. The average Bonchev–Trinajstić information content (AvgIpc) is 2.56. The van der Waals surface area contributed by atoms with Crippen LogP contribution in [-0.4, -0.2) is 5.78 Å². The van der Waals surface area contributed by atoms with Gasteiger partial charge in [-0.1, -0.05) is 24.6 Å². The second kappa shape index (κ2) is 5.20. The first kappa shape index (κ1) is 14.9. The third-order valence-electron chi connectivity index (χ3n) is 7.24. The van der Waals surface area contributed by atoms with Gasteiger partial charge in [-0.3, -0.25) is 4.79 Å². The van der Waals surface area contributed by atoms with E-state index < -0.39 is 0 Å². The Bertz CT molecular complexity index is 713. The highest BCUT2D eigenvalue weighted by molar-refractivity contribution is 5.85. The molecule has 120 valence electrons. The van der Waals surface area contributed by atoms with Crippen LogP contribution in [-0.2, 0) is 11.2 Å². The fourth-order valence-electron chi connectivity index (χ4n) is 5.92. The maximum atomic E-state index is 12.6. The highest BCUT2D eigenvalue weighted by Crippen LogP contribution is 2.58. The number of ketones is 1. The van der Waals surface area contributed by atoms with E-state index in [0.717, 1.165) is 37.8 Å². The van der Waals surface area contributed by atoms with Crippen molar-refractivity contribution in [2.75, 3.05) is 0 Å². The van der Waals surface area contributed by atoms with Gasteiger partial charge in [0.05, 0.1) is 6.57 Å². The van der Waals surface area contributed by atoms with Crippen LogP contribution in [0.4, 0.5) is 5.69 Å². The van der Waals surface area contributed by atoms with Crippen LogP contribution in [0.3, 0.4) is 0 Å². The van der Waals surface area contributed by atoms with E-state index in [4.69, 9.17) is 6.57 Å². The number of fused-ring (bicyclic) bond motifs is 5. The van der Waals surface area contributed by atoms with Crippen LogP contribution < -0.4 is 0 Å². The molecule has 2 saturated carbocycles. The molecule has 0 aromatic heterocycles. The Kier molecular flexibility index (Phi) is 3.38. The molecule has 0 amide bonds. The molecular weight excluding hydrogens is 282 g/mol. The van der Waals surface area contributed by atoms with Crippen molar-refractivity contribution in [2.45, 2.75) is 64.7 Å². The van der Waals surface area contributed by atoms with Gasteiger partial charge < -0.3 is 0 Å². The van der Waals surface area contributed by atoms with Crippen LogP contribution in [0.15, 0.2) is 12.1 Å². The molecule has 0 saturated heterocycles. The average molecular weight is 307 g/mol. The molecule has 3 aliphatic rings. The Morgan fingerprint density at radius 3 is 2.83 bits per heavy atom. The lowest BCUT2D eigenvalue weighted by molar-refractivity contribution is -0.140. The molecule has 0 aliphatic heterocycles. The highest BCUT2D eigenvalue weighted by Gasteiger charge is 2.52. The number of rotatable bonds is 0. The molecule has 0 radical (unpaired) electrons. The second-order valence-electron chi connectivity index (χ2n) is 8.08. The monoisotopic (exact) mass is 307 g/mol. The van der Waals surface area contributed by atoms with Gasteiger partial charge in [0.25, 0.3) is 0 Å². The SMILES string of the molecule is [C-]#[N+]c1ccc2c(c1C)CCC1C2CC[C@]2(C)C(=O)CCCC12. The van der Waals surface area contributed by atoms with Crippen molar-refractivity contribution in [3.8, 4) is 0 Å². The molecule has 4 atom stereocenters. The van der Waals surface area contributed by atoms with Gasteiger partial charge >= 0.3 is 0 Å². The zero-order valence-corrected chi connectivity index (χ0v) is 14.2. The third kappa shape index (κ3) is 2.02. The maximum Gasteiger partial charge on any atom is 0.190 e. The molecule has 0 heterocycles. The van der Waals surface area contributed by atoms with Crippen molar-refractivity contribution in [1.29, 1.82) is 0 Å². The van der Waals surface area contributed by atoms with Crippen LogP contribution in [0, 0.1) is 30.7 Å². The lowest BCUT2D eigenvalue weighted by Gasteiger charge is -2.53. The minimum absolute atomic E-state index is 0.0532. The lowest BCUT2D eigenvalue weighted by Crippen LogP contribution is -2.49. The quantitative estimate of drug-likeness (QED) is 0.591. The van der Waals surface area contributed by atoms with Gasteiger partial charge in [-0.05, 0) is 74.3 Å². The van der Waals surface area contributed by atoms with E-state index in [-0.39, 0.29) is 5.41 Å². The van der Waals surface area contributed by atoms with Crippen molar-refractivity contribution in [1.82, 2.24) is 0 Å². The minimum Gasteiger partial charge on any atom is -0.299 e. The number of carbonyl (C=O) groups is 1. The summed E-state index contributed by atoms with van der Waals surface area (Å²) in [6, 6.07) is 4.24. The molecule has 0 spiro atoms. The van der Waals surface area contributed by atoms with Crippen LogP contribution in [0.2, 0.25) is 0 Å². The first-order valence-corrected chi connectivity index (χ1v) is 9.09. The van der Waals surface area contributed by atoms with Crippen LogP contribution in [0.5, 0.6) is 0 Å². The molecule has 3 aliphatic carbocycles. The first-order chi connectivity index (χ1) is 11.1. The summed E-state index contributed by atoms with van der Waals surface area (Å²) in [4.78, 5) is 16.2. The number of carbonyl (C=O) groups excluding carboxylic acids is 1. The number of nitrogens with zero attached hydrogens (tertiary/aromatic N) is 1. The molecule has 2 heteroatoms. The van der Waals surface area contributed by atoms with Gasteiger partial charge in [0.1, 0.15) is 5.78 Å². The van der Waals surface area contributed by atoms with Gasteiger partial charge in [0.15, 0.2) is 5.69 Å². The van der Waals surface area contributed by atoms with Crippen molar-refractivity contribution < 1.29 is 4.79 Å². The predicted molar refractivity (Wildman–Crippen MR) is 91.7 cm³/mol. The predicted octanol–water partition coefficient (Wildman–Crippen LogP) is 5.36. The molecular formula is C21H25NO. The molecule has 2 nitrogen and oxygen atoms in total. The molecule has 4 rings (SSSR count). The van der Waals surface area contributed by atoms with Crippen LogP contribution in [0.25, 0.3) is 4.85 Å². The third-order valence-corrected chi connectivity index (χ3v) is 7.24. The number of hydrogen-bond donors (Lipinski definition) is 0. The van der Waals surface area contributed by atoms with E-state index in [9.17, 15) is 4.79 Å². The summed E-state index contributed by atoms with van der Waals surface area (Å²) in [5, 5.41) is 0. The number of benzene rings is 1. The fourth-order valence-corrected chi connectivity index (χ4v) is 5.92. The Morgan fingerprint density at radius 1 is 1.22 bits per heavy atom. The Hall–Kier alpha value is -1.62. The van der Waals surface area contributed by atoms with Gasteiger partial charge in [-0.2, -0.15) is 0 Å². The van der Waals surface area contributed by atoms with Crippen molar-refractivity contribution >= 4 is 11.5 Å². The summed E-state index contributed by atoms with van der Waals surface area (Å²) < 4.78 is 0. The minimum atomic E-state index is -0.0532. The van der Waals surface area contributed by atoms with Gasteiger partial charge in [-0.15, -0.1) is 0 Å². The van der Waals surface area contributed by atoms with E-state index >= 15 is 0 Å². The van der Waals surface area contributed by atoms with E-state index in [1.54, 1.807) is 0 Å². The highest BCUT2D eigenvalue weighted by atomic mass is 16.1. The summed E-state index contributed by atoms with van der Waals surface area (Å²) in [7, 11) is 0. The standard InChI is InChI=1S/C21H25NO/c1-13-14-7-8-17-16(15(14)9-10-19(13)22-3)11-12-21(2)18(17)5-4-6-20(21)23/h9-10,16-18H,4-8,11-12H2,1-2H3/t16?,17?,18?,21-/m0/s1. The number of hydrogen-bond acceptors (Lipinski definition) is 1. The summed E-state index contributed by atoms with van der Waals surface area (Å²) >= 11 is 0. The largest absolute Gasteiger partial charge is 0.299 e. The summed E-state index contributed by atoms with van der Waals surface area (Å²) in [6.07, 6.45) is 7.62. The zero-order valence-electron chi connectivity index (χ0n) is 14.2. The van der Waals surface area contributed by atoms with Crippen molar-refractivity contribution in [3.05, 3.63) is 40.2 Å². The fraction of sp³-hybridized carbons (Fsp3) is 0.619. The lowest BCUT2D eigenvalue weighted by atomic mass is 9.50. The van der Waals surface area contributed by atoms with E-state index in [1.807, 2.05) is 6.07 Å². The topological polar surface area (TPSA) is 21.4 Å². The Labute approximate surface area is 139 Å².